The second kappa shape index (κ2) is 9.49. The fourth-order valence-electron chi connectivity index (χ4n) is 3.89. The minimum Gasteiger partial charge on any atom is -0.484 e. The van der Waals surface area contributed by atoms with Gasteiger partial charge in [-0.3, -0.25) is 9.59 Å². The van der Waals surface area contributed by atoms with Crippen LogP contribution < -0.4 is 10.1 Å². The van der Waals surface area contributed by atoms with Crippen molar-refractivity contribution in [2.75, 3.05) is 19.7 Å². The molecule has 7 heteroatoms. The average molecular weight is 417 g/mol. The molecule has 1 N–H and O–H groups in total. The van der Waals surface area contributed by atoms with Gasteiger partial charge in [0.25, 0.3) is 5.91 Å². The van der Waals surface area contributed by atoms with Crippen molar-refractivity contribution in [2.24, 2.45) is 0 Å². The Kier molecular flexibility index (Phi) is 7.00. The van der Waals surface area contributed by atoms with Crippen molar-refractivity contribution in [3.8, 4) is 5.75 Å². The Morgan fingerprint density at radius 1 is 1.10 bits per heavy atom. The van der Waals surface area contributed by atoms with E-state index in [1.807, 2.05) is 45.0 Å². The highest BCUT2D eigenvalue weighted by molar-refractivity contribution is 5.81. The molecular weight excluding hydrogens is 384 g/mol. The van der Waals surface area contributed by atoms with Crippen molar-refractivity contribution in [2.45, 2.75) is 70.4 Å². The van der Waals surface area contributed by atoms with Crippen LogP contribution in [0.5, 0.6) is 5.75 Å². The quantitative estimate of drug-likeness (QED) is 0.795. The molecule has 1 atom stereocenters. The molecule has 1 heterocycles. The fraction of sp³-hybridized carbons (Fsp3) is 0.609. The molecule has 0 spiro atoms. The molecule has 3 rings (SSSR count). The van der Waals surface area contributed by atoms with Crippen LogP contribution in [-0.2, 0) is 14.3 Å². The molecule has 0 bridgehead atoms. The number of amides is 2. The lowest BCUT2D eigenvalue weighted by Gasteiger charge is -2.33. The van der Waals surface area contributed by atoms with Crippen LogP contribution in [0.15, 0.2) is 24.3 Å². The maximum atomic E-state index is 12.2. The van der Waals surface area contributed by atoms with Crippen molar-refractivity contribution in [1.82, 2.24) is 10.2 Å². The van der Waals surface area contributed by atoms with Gasteiger partial charge in [0.1, 0.15) is 17.1 Å². The van der Waals surface area contributed by atoms with E-state index in [0.717, 1.165) is 12.0 Å². The van der Waals surface area contributed by atoms with Gasteiger partial charge in [-0.1, -0.05) is 12.1 Å². The largest absolute Gasteiger partial charge is 0.484 e. The molecule has 7 nitrogen and oxygen atoms in total. The lowest BCUT2D eigenvalue weighted by molar-refractivity contribution is -0.124. The molecule has 0 aromatic heterocycles. The van der Waals surface area contributed by atoms with Crippen LogP contribution in [0.2, 0.25) is 0 Å². The standard InChI is InChI=1S/C23H32N2O5/c1-23(2,3)30-22(28)25-12-10-18(11-13-25)24-21(27)15-29-20-8-5-16(6-9-20)17-4-7-19(26)14-17/h5-6,8-9,17-18H,4,7,10-15H2,1-3H3,(H,24,27). The first kappa shape index (κ1) is 22.1. The van der Waals surface area contributed by atoms with Gasteiger partial charge < -0.3 is 19.7 Å². The molecule has 30 heavy (non-hydrogen) atoms. The Labute approximate surface area is 178 Å². The van der Waals surface area contributed by atoms with Gasteiger partial charge in [-0.25, -0.2) is 4.79 Å². The molecule has 0 radical (unpaired) electrons. The van der Waals surface area contributed by atoms with E-state index in [9.17, 15) is 14.4 Å². The van der Waals surface area contributed by atoms with Gasteiger partial charge in [-0.2, -0.15) is 0 Å². The smallest absolute Gasteiger partial charge is 0.410 e. The Bertz CT molecular complexity index is 761. The zero-order valence-corrected chi connectivity index (χ0v) is 18.1. The van der Waals surface area contributed by atoms with Crippen LogP contribution in [0.1, 0.15) is 64.4 Å². The first-order chi connectivity index (χ1) is 14.2. The molecule has 1 aromatic rings. The zero-order chi connectivity index (χ0) is 21.7. The number of nitrogens with zero attached hydrogens (tertiary/aromatic N) is 1. The van der Waals surface area contributed by atoms with E-state index in [-0.39, 0.29) is 24.6 Å². The number of likely N-dealkylation sites (tertiary alicyclic amines) is 1. The highest BCUT2D eigenvalue weighted by Crippen LogP contribution is 2.32. The van der Waals surface area contributed by atoms with Crippen LogP contribution in [0.25, 0.3) is 0 Å². The SMILES string of the molecule is CC(C)(C)OC(=O)N1CCC(NC(=O)COc2ccc(C3CCC(=O)C3)cc2)CC1. The number of carbonyl (C=O) groups excluding carboxylic acids is 3. The third-order valence-corrected chi connectivity index (χ3v) is 5.48. The zero-order valence-electron chi connectivity index (χ0n) is 18.1. The molecule has 1 saturated heterocycles. The molecule has 1 aliphatic heterocycles. The lowest BCUT2D eigenvalue weighted by atomic mass is 9.98. The van der Waals surface area contributed by atoms with Crippen LogP contribution in [-0.4, -0.2) is 54.0 Å². The van der Waals surface area contributed by atoms with E-state index in [1.165, 1.54) is 0 Å². The van der Waals surface area contributed by atoms with E-state index in [1.54, 1.807) is 4.90 Å². The van der Waals surface area contributed by atoms with Crippen LogP contribution >= 0.6 is 0 Å². The molecule has 164 valence electrons. The maximum Gasteiger partial charge on any atom is 0.410 e. The molecule has 2 fully saturated rings. The first-order valence-electron chi connectivity index (χ1n) is 10.7. The third kappa shape index (κ3) is 6.47. The number of hydrogen-bond acceptors (Lipinski definition) is 5. The molecule has 1 aromatic carbocycles. The molecule has 2 amide bonds. The summed E-state index contributed by atoms with van der Waals surface area (Å²) in [5.74, 6) is 1.10. The number of rotatable bonds is 5. The summed E-state index contributed by atoms with van der Waals surface area (Å²) < 4.78 is 11.0. The summed E-state index contributed by atoms with van der Waals surface area (Å²) in [6, 6.07) is 7.68. The van der Waals surface area contributed by atoms with E-state index >= 15 is 0 Å². The predicted molar refractivity (Wildman–Crippen MR) is 113 cm³/mol. The monoisotopic (exact) mass is 416 g/mol. The Morgan fingerprint density at radius 2 is 1.77 bits per heavy atom. The van der Waals surface area contributed by atoms with Crippen molar-refractivity contribution >= 4 is 17.8 Å². The maximum absolute atomic E-state index is 12.2. The number of ether oxygens (including phenoxy) is 2. The summed E-state index contributed by atoms with van der Waals surface area (Å²) >= 11 is 0. The Morgan fingerprint density at radius 3 is 2.33 bits per heavy atom. The number of hydrogen-bond donors (Lipinski definition) is 1. The summed E-state index contributed by atoms with van der Waals surface area (Å²) in [7, 11) is 0. The first-order valence-corrected chi connectivity index (χ1v) is 10.7. The molecule has 1 saturated carbocycles. The van der Waals surface area contributed by atoms with Gasteiger partial charge >= 0.3 is 6.09 Å². The third-order valence-electron chi connectivity index (χ3n) is 5.48. The van der Waals surface area contributed by atoms with E-state index < -0.39 is 5.60 Å². The minimum absolute atomic E-state index is 0.0297. The van der Waals surface area contributed by atoms with Gasteiger partial charge in [-0.05, 0) is 63.6 Å². The summed E-state index contributed by atoms with van der Waals surface area (Å²) in [5.41, 5.74) is 0.640. The fourth-order valence-corrected chi connectivity index (χ4v) is 3.89. The molecule has 1 unspecified atom stereocenters. The van der Waals surface area contributed by atoms with E-state index in [4.69, 9.17) is 9.47 Å². The van der Waals surface area contributed by atoms with Crippen molar-refractivity contribution in [1.29, 1.82) is 0 Å². The van der Waals surface area contributed by atoms with Gasteiger partial charge in [0.2, 0.25) is 0 Å². The summed E-state index contributed by atoms with van der Waals surface area (Å²) in [4.78, 5) is 37.5. The predicted octanol–water partition coefficient (Wildman–Crippen LogP) is 3.42. The highest BCUT2D eigenvalue weighted by atomic mass is 16.6. The minimum atomic E-state index is -0.508. The van der Waals surface area contributed by atoms with Crippen molar-refractivity contribution in [3.63, 3.8) is 0 Å². The highest BCUT2D eigenvalue weighted by Gasteiger charge is 2.27. The number of Topliss-reactive ketones (excluding diaryl/α,β-unsaturated/α-hetero) is 1. The number of carbonyl (C=O) groups is 3. The number of ketones is 1. The van der Waals surface area contributed by atoms with Crippen molar-refractivity contribution < 1.29 is 23.9 Å². The number of piperidine rings is 1. The number of nitrogens with one attached hydrogen (secondary N) is 1. The summed E-state index contributed by atoms with van der Waals surface area (Å²) in [6.07, 6.45) is 3.28. The van der Waals surface area contributed by atoms with Gasteiger partial charge in [0, 0.05) is 32.0 Å². The molecule has 2 aliphatic rings. The van der Waals surface area contributed by atoms with Gasteiger partial charge in [-0.15, -0.1) is 0 Å². The van der Waals surface area contributed by atoms with Crippen LogP contribution in [0.4, 0.5) is 4.79 Å². The normalized spacial score (nSPS) is 20.2. The van der Waals surface area contributed by atoms with E-state index in [0.29, 0.717) is 56.2 Å². The summed E-state index contributed by atoms with van der Waals surface area (Å²) in [6.45, 7) is 6.62. The average Bonchev–Trinajstić information content (AvgIpc) is 3.12. The van der Waals surface area contributed by atoms with Crippen molar-refractivity contribution in [3.05, 3.63) is 29.8 Å². The number of benzene rings is 1. The second-order valence-electron chi connectivity index (χ2n) is 9.15. The lowest BCUT2D eigenvalue weighted by Crippen LogP contribution is -2.48. The Balaban J connectivity index is 1.37. The van der Waals surface area contributed by atoms with E-state index in [2.05, 4.69) is 5.32 Å². The molecular formula is C23H32N2O5. The van der Waals surface area contributed by atoms with Crippen LogP contribution in [0, 0.1) is 0 Å². The topological polar surface area (TPSA) is 84.9 Å². The Hall–Kier alpha value is -2.57. The van der Waals surface area contributed by atoms with Crippen LogP contribution in [0.3, 0.4) is 0 Å². The van der Waals surface area contributed by atoms with Gasteiger partial charge in [0.05, 0.1) is 0 Å². The summed E-state index contributed by atoms with van der Waals surface area (Å²) in [5, 5.41) is 2.98. The van der Waals surface area contributed by atoms with Gasteiger partial charge in [0.15, 0.2) is 6.61 Å². The molecule has 1 aliphatic carbocycles. The second-order valence-corrected chi connectivity index (χ2v) is 9.15.